The number of nitrogens with two attached hydrogens (primary N) is 1. The third-order valence-electron chi connectivity index (χ3n) is 2.88. The smallest absolute Gasteiger partial charge is 0.191 e. The molecule has 1 fully saturated rings. The predicted molar refractivity (Wildman–Crippen MR) is 64.3 cm³/mol. The maximum Gasteiger partial charge on any atom is 0.191 e. The van der Waals surface area contributed by atoms with Crippen LogP contribution in [0.4, 0.5) is 11.6 Å². The van der Waals surface area contributed by atoms with E-state index in [9.17, 15) is 0 Å². The molecule has 1 aliphatic carbocycles. The minimum absolute atomic E-state index is 0.551. The lowest BCUT2D eigenvalue weighted by Crippen LogP contribution is -2.37. The fourth-order valence-corrected chi connectivity index (χ4v) is 2.04. The molecule has 1 heterocycles. The molecular weight excluding hydrogens is 208 g/mol. The minimum atomic E-state index is 0.551. The highest BCUT2D eigenvalue weighted by Crippen LogP contribution is 2.28. The normalized spacial score (nSPS) is 16.1. The van der Waals surface area contributed by atoms with Crippen molar-refractivity contribution in [1.29, 1.82) is 0 Å². The van der Waals surface area contributed by atoms with Gasteiger partial charge in [0.2, 0.25) is 0 Å². The van der Waals surface area contributed by atoms with Crippen molar-refractivity contribution in [3.8, 4) is 0 Å². The van der Waals surface area contributed by atoms with Crippen LogP contribution >= 0.6 is 11.8 Å². The van der Waals surface area contributed by atoms with Gasteiger partial charge in [0.25, 0.3) is 0 Å². The number of thioether (sulfide) groups is 1. The Labute approximate surface area is 94.3 Å². The molecule has 0 bridgehead atoms. The number of nitrogens with zero attached hydrogens (tertiary/aromatic N) is 3. The van der Waals surface area contributed by atoms with E-state index in [0.29, 0.717) is 11.9 Å². The highest BCUT2D eigenvalue weighted by Gasteiger charge is 2.23. The molecule has 0 aliphatic heterocycles. The van der Waals surface area contributed by atoms with E-state index < -0.39 is 0 Å². The number of anilines is 2. The first-order chi connectivity index (χ1) is 7.20. The molecule has 0 aromatic carbocycles. The van der Waals surface area contributed by atoms with E-state index in [1.165, 1.54) is 31.0 Å². The van der Waals surface area contributed by atoms with Gasteiger partial charge in [0, 0.05) is 19.2 Å². The third kappa shape index (κ3) is 2.17. The topological polar surface area (TPSA) is 55.0 Å². The van der Waals surface area contributed by atoms with Gasteiger partial charge < -0.3 is 10.6 Å². The molecule has 1 aromatic rings. The van der Waals surface area contributed by atoms with Crippen LogP contribution in [-0.2, 0) is 0 Å². The number of hydrogen-bond acceptors (Lipinski definition) is 5. The van der Waals surface area contributed by atoms with Crippen molar-refractivity contribution in [2.45, 2.75) is 30.5 Å². The van der Waals surface area contributed by atoms with Gasteiger partial charge in [0.05, 0.1) is 0 Å². The fourth-order valence-electron chi connectivity index (χ4n) is 1.66. The molecule has 0 saturated heterocycles. The fraction of sp³-hybridized carbons (Fsp3) is 0.600. The molecule has 2 N–H and O–H groups in total. The van der Waals surface area contributed by atoms with E-state index in [0.717, 1.165) is 11.0 Å². The van der Waals surface area contributed by atoms with Crippen molar-refractivity contribution < 1.29 is 0 Å². The zero-order valence-corrected chi connectivity index (χ0v) is 9.92. The molecular formula is C10H16N4S. The summed E-state index contributed by atoms with van der Waals surface area (Å²) in [5.41, 5.74) is 5.74. The maximum absolute atomic E-state index is 5.74. The Morgan fingerprint density at radius 2 is 2.20 bits per heavy atom. The van der Waals surface area contributed by atoms with Gasteiger partial charge in [-0.25, -0.2) is 9.97 Å². The minimum Gasteiger partial charge on any atom is -0.383 e. The maximum atomic E-state index is 5.74. The van der Waals surface area contributed by atoms with Crippen molar-refractivity contribution in [3.05, 3.63) is 6.07 Å². The SMILES string of the molecule is CSc1nc(N)cc(N(C)C2CCC2)n1. The molecule has 2 rings (SSSR count). The van der Waals surface area contributed by atoms with Gasteiger partial charge >= 0.3 is 0 Å². The van der Waals surface area contributed by atoms with E-state index in [1.807, 2.05) is 12.3 Å². The van der Waals surface area contributed by atoms with Crippen molar-refractivity contribution in [1.82, 2.24) is 9.97 Å². The van der Waals surface area contributed by atoms with E-state index in [-0.39, 0.29) is 0 Å². The van der Waals surface area contributed by atoms with Crippen molar-refractivity contribution >= 4 is 23.4 Å². The first-order valence-electron chi connectivity index (χ1n) is 5.12. The van der Waals surface area contributed by atoms with Gasteiger partial charge in [-0.05, 0) is 25.5 Å². The Morgan fingerprint density at radius 3 is 2.73 bits per heavy atom. The zero-order chi connectivity index (χ0) is 10.8. The Morgan fingerprint density at radius 1 is 1.47 bits per heavy atom. The Bertz CT molecular complexity index is 351. The Balaban J connectivity index is 2.22. The van der Waals surface area contributed by atoms with Crippen LogP contribution in [0.2, 0.25) is 0 Å². The molecule has 1 saturated carbocycles. The number of nitrogen functional groups attached to an aromatic ring is 1. The summed E-state index contributed by atoms with van der Waals surface area (Å²) in [6.45, 7) is 0. The van der Waals surface area contributed by atoms with Crippen LogP contribution in [0.3, 0.4) is 0 Å². The number of rotatable bonds is 3. The van der Waals surface area contributed by atoms with Gasteiger partial charge in [-0.2, -0.15) is 0 Å². The van der Waals surface area contributed by atoms with Crippen molar-refractivity contribution in [2.24, 2.45) is 0 Å². The highest BCUT2D eigenvalue weighted by molar-refractivity contribution is 7.98. The van der Waals surface area contributed by atoms with Gasteiger partial charge in [0.15, 0.2) is 5.16 Å². The third-order valence-corrected chi connectivity index (χ3v) is 3.43. The second-order valence-corrected chi connectivity index (χ2v) is 4.61. The lowest BCUT2D eigenvalue weighted by molar-refractivity contribution is 0.398. The second-order valence-electron chi connectivity index (χ2n) is 3.83. The molecule has 1 aliphatic rings. The summed E-state index contributed by atoms with van der Waals surface area (Å²) < 4.78 is 0. The number of hydrogen-bond donors (Lipinski definition) is 1. The van der Waals surface area contributed by atoms with Crippen molar-refractivity contribution in [3.63, 3.8) is 0 Å². The van der Waals surface area contributed by atoms with Crippen LogP contribution in [0.25, 0.3) is 0 Å². The first kappa shape index (κ1) is 10.5. The average Bonchev–Trinajstić information content (AvgIpc) is 2.14. The van der Waals surface area contributed by atoms with Crippen LogP contribution in [0.5, 0.6) is 0 Å². The predicted octanol–water partition coefficient (Wildman–Crippen LogP) is 1.77. The summed E-state index contributed by atoms with van der Waals surface area (Å²) in [4.78, 5) is 10.8. The van der Waals surface area contributed by atoms with Crippen LogP contribution in [0.1, 0.15) is 19.3 Å². The molecule has 0 atom stereocenters. The summed E-state index contributed by atoms with van der Waals surface area (Å²) in [6.07, 6.45) is 5.80. The summed E-state index contributed by atoms with van der Waals surface area (Å²) in [7, 11) is 2.08. The Hall–Kier alpha value is -0.970. The van der Waals surface area contributed by atoms with Gasteiger partial charge in [-0.1, -0.05) is 11.8 Å². The second kappa shape index (κ2) is 4.26. The van der Waals surface area contributed by atoms with Gasteiger partial charge in [-0.15, -0.1) is 0 Å². The molecule has 0 spiro atoms. The highest BCUT2D eigenvalue weighted by atomic mass is 32.2. The van der Waals surface area contributed by atoms with Crippen LogP contribution in [-0.4, -0.2) is 29.3 Å². The number of aromatic nitrogens is 2. The van der Waals surface area contributed by atoms with Crippen molar-refractivity contribution in [2.75, 3.05) is 23.9 Å². The lowest BCUT2D eigenvalue weighted by atomic mass is 9.92. The summed E-state index contributed by atoms with van der Waals surface area (Å²) >= 11 is 1.52. The molecule has 0 radical (unpaired) electrons. The molecule has 15 heavy (non-hydrogen) atoms. The van der Waals surface area contributed by atoms with E-state index in [2.05, 4.69) is 21.9 Å². The summed E-state index contributed by atoms with van der Waals surface area (Å²) in [5.74, 6) is 1.49. The van der Waals surface area contributed by atoms with Crippen LogP contribution < -0.4 is 10.6 Å². The quantitative estimate of drug-likeness (QED) is 0.626. The monoisotopic (exact) mass is 224 g/mol. The molecule has 0 unspecified atom stereocenters. The standard InChI is InChI=1S/C10H16N4S/c1-14(7-4-3-5-7)9-6-8(11)12-10(13-9)15-2/h6-7H,3-5H2,1-2H3,(H2,11,12,13). The van der Waals surface area contributed by atoms with Gasteiger partial charge in [0.1, 0.15) is 11.6 Å². The Kier molecular flexibility index (Phi) is 3.00. The molecule has 0 amide bonds. The van der Waals surface area contributed by atoms with Crippen LogP contribution in [0, 0.1) is 0 Å². The first-order valence-corrected chi connectivity index (χ1v) is 6.34. The average molecular weight is 224 g/mol. The zero-order valence-electron chi connectivity index (χ0n) is 9.10. The van der Waals surface area contributed by atoms with Gasteiger partial charge in [-0.3, -0.25) is 0 Å². The van der Waals surface area contributed by atoms with E-state index >= 15 is 0 Å². The largest absolute Gasteiger partial charge is 0.383 e. The molecule has 1 aromatic heterocycles. The molecule has 5 heteroatoms. The molecule has 4 nitrogen and oxygen atoms in total. The molecule has 82 valence electrons. The lowest BCUT2D eigenvalue weighted by Gasteiger charge is -2.35. The van der Waals surface area contributed by atoms with E-state index in [4.69, 9.17) is 5.73 Å². The van der Waals surface area contributed by atoms with E-state index in [1.54, 1.807) is 0 Å². The summed E-state index contributed by atoms with van der Waals surface area (Å²) in [6, 6.07) is 2.48. The summed E-state index contributed by atoms with van der Waals surface area (Å²) in [5, 5.41) is 0.746. The van der Waals surface area contributed by atoms with Crippen LogP contribution in [0.15, 0.2) is 11.2 Å².